The van der Waals surface area contributed by atoms with Gasteiger partial charge >= 0.3 is 6.03 Å². The molecule has 0 atom stereocenters. The molecule has 0 saturated carbocycles. The Morgan fingerprint density at radius 1 is 1.40 bits per heavy atom. The molecule has 0 radical (unpaired) electrons. The maximum absolute atomic E-state index is 13.2. The summed E-state index contributed by atoms with van der Waals surface area (Å²) >= 11 is 1.18. The summed E-state index contributed by atoms with van der Waals surface area (Å²) in [7, 11) is 1.73. The molecular formula is C14H16FN3OS. The molecule has 20 heavy (non-hydrogen) atoms. The van der Waals surface area contributed by atoms with Crippen molar-refractivity contribution in [1.82, 2.24) is 9.27 Å². The van der Waals surface area contributed by atoms with Gasteiger partial charge in [-0.15, -0.1) is 0 Å². The third kappa shape index (κ3) is 3.33. The summed E-state index contributed by atoms with van der Waals surface area (Å²) in [5.41, 5.74) is 1.34. The second-order valence-corrected chi connectivity index (χ2v) is 5.53. The van der Waals surface area contributed by atoms with Gasteiger partial charge in [0, 0.05) is 24.7 Å². The first-order valence-corrected chi connectivity index (χ1v) is 7.01. The summed E-state index contributed by atoms with van der Waals surface area (Å²) in [4.78, 5) is 13.5. The Balaban J connectivity index is 2.12. The summed E-state index contributed by atoms with van der Waals surface area (Å²) in [5, 5.41) is 3.42. The molecule has 1 heterocycles. The van der Waals surface area contributed by atoms with Gasteiger partial charge in [0.1, 0.15) is 10.8 Å². The van der Waals surface area contributed by atoms with Crippen LogP contribution in [0.3, 0.4) is 0 Å². The van der Waals surface area contributed by atoms with Gasteiger partial charge in [0.15, 0.2) is 0 Å². The summed E-state index contributed by atoms with van der Waals surface area (Å²) in [5.74, 6) is -0.305. The number of hydrogen-bond acceptors (Lipinski definition) is 3. The highest BCUT2D eigenvalue weighted by Gasteiger charge is 2.13. The first-order valence-electron chi connectivity index (χ1n) is 6.24. The molecule has 1 N–H and O–H groups in total. The van der Waals surface area contributed by atoms with Crippen molar-refractivity contribution in [3.63, 3.8) is 0 Å². The zero-order valence-corrected chi connectivity index (χ0v) is 12.4. The number of carbonyl (C=O) groups is 1. The maximum Gasteiger partial charge on any atom is 0.322 e. The molecule has 0 unspecified atom stereocenters. The van der Waals surface area contributed by atoms with Crippen LogP contribution < -0.4 is 5.32 Å². The van der Waals surface area contributed by atoms with E-state index in [2.05, 4.69) is 9.69 Å². The van der Waals surface area contributed by atoms with Gasteiger partial charge in [0.05, 0.1) is 5.69 Å². The van der Waals surface area contributed by atoms with Gasteiger partial charge in [0.2, 0.25) is 0 Å². The Morgan fingerprint density at radius 2 is 2.15 bits per heavy atom. The second-order valence-electron chi connectivity index (χ2n) is 4.72. The van der Waals surface area contributed by atoms with Gasteiger partial charge in [0.25, 0.3) is 0 Å². The van der Waals surface area contributed by atoms with Gasteiger partial charge in [-0.25, -0.2) is 9.18 Å². The number of aromatic nitrogens is 1. The number of anilines is 1. The van der Waals surface area contributed by atoms with E-state index in [1.54, 1.807) is 30.1 Å². The molecule has 2 aromatic rings. The van der Waals surface area contributed by atoms with Crippen LogP contribution in [-0.4, -0.2) is 28.4 Å². The number of nitrogens with zero attached hydrogens (tertiary/aromatic N) is 2. The summed E-state index contributed by atoms with van der Waals surface area (Å²) in [6.45, 7) is 3.87. The molecule has 0 aliphatic rings. The number of amides is 2. The Labute approximate surface area is 121 Å². The lowest BCUT2D eigenvalue weighted by molar-refractivity contribution is 0.211. The Kier molecular flexibility index (Phi) is 4.34. The SMILES string of the molecule is CC(C)N(C)C(=O)Nc1cc(-c2cccc(F)c2)ns1. The van der Waals surface area contributed by atoms with E-state index in [0.717, 1.165) is 0 Å². The average Bonchev–Trinajstić information content (AvgIpc) is 2.86. The number of halogens is 1. The van der Waals surface area contributed by atoms with E-state index >= 15 is 0 Å². The van der Waals surface area contributed by atoms with Crippen LogP contribution in [-0.2, 0) is 0 Å². The molecule has 0 aliphatic heterocycles. The van der Waals surface area contributed by atoms with E-state index in [4.69, 9.17) is 0 Å². The Bertz CT molecular complexity index is 612. The van der Waals surface area contributed by atoms with Gasteiger partial charge in [-0.3, -0.25) is 5.32 Å². The van der Waals surface area contributed by atoms with Crippen molar-refractivity contribution in [3.05, 3.63) is 36.1 Å². The molecule has 4 nitrogen and oxygen atoms in total. The Morgan fingerprint density at radius 3 is 2.80 bits per heavy atom. The molecule has 2 rings (SSSR count). The zero-order chi connectivity index (χ0) is 14.7. The van der Waals surface area contributed by atoms with Crippen molar-refractivity contribution in [2.75, 3.05) is 12.4 Å². The maximum atomic E-state index is 13.2. The van der Waals surface area contributed by atoms with Gasteiger partial charge in [-0.05, 0) is 37.5 Å². The molecular weight excluding hydrogens is 277 g/mol. The topological polar surface area (TPSA) is 45.2 Å². The highest BCUT2D eigenvalue weighted by atomic mass is 32.1. The van der Waals surface area contributed by atoms with E-state index in [1.807, 2.05) is 13.8 Å². The van der Waals surface area contributed by atoms with Crippen LogP contribution in [0.4, 0.5) is 14.2 Å². The smallest absolute Gasteiger partial charge is 0.322 e. The van der Waals surface area contributed by atoms with Crippen LogP contribution in [0, 0.1) is 5.82 Å². The molecule has 0 spiro atoms. The Hall–Kier alpha value is -1.95. The normalized spacial score (nSPS) is 10.7. The minimum Gasteiger partial charge on any atom is -0.325 e. The predicted molar refractivity (Wildman–Crippen MR) is 79.4 cm³/mol. The summed E-state index contributed by atoms with van der Waals surface area (Å²) in [6.07, 6.45) is 0. The molecule has 0 bridgehead atoms. The molecule has 0 saturated heterocycles. The molecule has 2 amide bonds. The van der Waals surface area contributed by atoms with E-state index < -0.39 is 0 Å². The third-order valence-corrected chi connectivity index (χ3v) is 3.66. The van der Waals surface area contributed by atoms with Crippen molar-refractivity contribution in [3.8, 4) is 11.3 Å². The lowest BCUT2D eigenvalue weighted by Crippen LogP contribution is -2.36. The van der Waals surface area contributed by atoms with Crippen LogP contribution in [0.15, 0.2) is 30.3 Å². The highest BCUT2D eigenvalue weighted by molar-refractivity contribution is 7.10. The largest absolute Gasteiger partial charge is 0.325 e. The quantitative estimate of drug-likeness (QED) is 0.935. The molecule has 1 aromatic heterocycles. The minimum atomic E-state index is -0.305. The van der Waals surface area contributed by atoms with Crippen LogP contribution in [0.25, 0.3) is 11.3 Å². The zero-order valence-electron chi connectivity index (χ0n) is 11.6. The number of urea groups is 1. The minimum absolute atomic E-state index is 0.116. The lowest BCUT2D eigenvalue weighted by Gasteiger charge is -2.21. The van der Waals surface area contributed by atoms with E-state index in [1.165, 1.54) is 23.7 Å². The third-order valence-electron chi connectivity index (χ3n) is 2.96. The standard InChI is InChI=1S/C14H16FN3OS/c1-9(2)18(3)14(19)16-13-8-12(17-20-13)10-5-4-6-11(15)7-10/h4-9H,1-3H3,(H,16,19). The predicted octanol–water partition coefficient (Wildman–Crippen LogP) is 3.82. The lowest BCUT2D eigenvalue weighted by atomic mass is 10.1. The fourth-order valence-electron chi connectivity index (χ4n) is 1.55. The van der Waals surface area contributed by atoms with Crippen molar-refractivity contribution in [1.29, 1.82) is 0 Å². The number of rotatable bonds is 3. The monoisotopic (exact) mass is 293 g/mol. The van der Waals surface area contributed by atoms with Crippen molar-refractivity contribution in [2.24, 2.45) is 0 Å². The van der Waals surface area contributed by atoms with Crippen LogP contribution >= 0.6 is 11.5 Å². The van der Waals surface area contributed by atoms with Crippen molar-refractivity contribution in [2.45, 2.75) is 19.9 Å². The first kappa shape index (κ1) is 14.5. The van der Waals surface area contributed by atoms with Gasteiger partial charge < -0.3 is 4.90 Å². The average molecular weight is 293 g/mol. The first-order chi connectivity index (χ1) is 9.47. The fraction of sp³-hybridized carbons (Fsp3) is 0.286. The number of benzene rings is 1. The van der Waals surface area contributed by atoms with Gasteiger partial charge in [-0.1, -0.05) is 12.1 Å². The van der Waals surface area contributed by atoms with E-state index in [0.29, 0.717) is 16.3 Å². The second kappa shape index (κ2) is 6.00. The van der Waals surface area contributed by atoms with Crippen molar-refractivity contribution >= 4 is 22.6 Å². The fourth-order valence-corrected chi connectivity index (χ4v) is 2.20. The van der Waals surface area contributed by atoms with Crippen LogP contribution in [0.1, 0.15) is 13.8 Å². The van der Waals surface area contributed by atoms with Gasteiger partial charge in [-0.2, -0.15) is 4.37 Å². The summed E-state index contributed by atoms with van der Waals surface area (Å²) < 4.78 is 17.4. The van der Waals surface area contributed by atoms with E-state index in [9.17, 15) is 9.18 Å². The number of nitrogens with one attached hydrogen (secondary N) is 1. The summed E-state index contributed by atoms with van der Waals surface area (Å²) in [6, 6.07) is 7.89. The van der Waals surface area contributed by atoms with Crippen molar-refractivity contribution < 1.29 is 9.18 Å². The number of carbonyl (C=O) groups excluding carboxylic acids is 1. The molecule has 106 valence electrons. The molecule has 0 fully saturated rings. The number of hydrogen-bond donors (Lipinski definition) is 1. The molecule has 1 aromatic carbocycles. The van der Waals surface area contributed by atoms with Crippen LogP contribution in [0.5, 0.6) is 0 Å². The van der Waals surface area contributed by atoms with Crippen LogP contribution in [0.2, 0.25) is 0 Å². The highest BCUT2D eigenvalue weighted by Crippen LogP contribution is 2.26. The molecule has 6 heteroatoms. The van der Waals surface area contributed by atoms with E-state index in [-0.39, 0.29) is 17.9 Å². The molecule has 0 aliphatic carbocycles.